The average Bonchev–Trinajstić information content (AvgIpc) is 2.20. The molecular weight excluding hydrogens is 295 g/mol. The molecule has 0 unspecified atom stereocenters. The Bertz CT molecular complexity index is 400. The number of carbonyl (C=O) groups excluding carboxylic acids is 1. The Morgan fingerprint density at radius 2 is 2.27 bits per heavy atom. The van der Waals surface area contributed by atoms with Gasteiger partial charge in [0, 0.05) is 6.20 Å². The van der Waals surface area contributed by atoms with Gasteiger partial charge in [-0.1, -0.05) is 11.6 Å². The number of nitrogens with zero attached hydrogens (tertiary/aromatic N) is 1. The van der Waals surface area contributed by atoms with Crippen LogP contribution in [0.25, 0.3) is 0 Å². The Morgan fingerprint density at radius 1 is 1.67 bits per heavy atom. The molecule has 0 aliphatic carbocycles. The number of alkyl halides is 2. The summed E-state index contributed by atoms with van der Waals surface area (Å²) < 4.78 is 29.4. The van der Waals surface area contributed by atoms with Crippen molar-refractivity contribution in [3.05, 3.63) is 26.9 Å². The molecule has 1 rings (SSSR count). The number of ether oxygens (including phenoxy) is 1. The number of rotatable bonds is 2. The zero-order valence-corrected chi connectivity index (χ0v) is 9.77. The summed E-state index contributed by atoms with van der Waals surface area (Å²) in [4.78, 5) is 14.7. The lowest BCUT2D eigenvalue weighted by Crippen LogP contribution is -2.08. The molecule has 0 radical (unpaired) electrons. The van der Waals surface area contributed by atoms with Gasteiger partial charge < -0.3 is 4.74 Å². The van der Waals surface area contributed by atoms with Crippen LogP contribution in [-0.2, 0) is 4.74 Å². The van der Waals surface area contributed by atoms with E-state index in [1.54, 1.807) is 0 Å². The number of hydrogen-bond donors (Lipinski definition) is 0. The van der Waals surface area contributed by atoms with Crippen LogP contribution >= 0.6 is 27.5 Å². The van der Waals surface area contributed by atoms with Gasteiger partial charge in [0.1, 0.15) is 5.15 Å². The topological polar surface area (TPSA) is 39.2 Å². The summed E-state index contributed by atoms with van der Waals surface area (Å²) in [5, 5.41) is -0.0696. The van der Waals surface area contributed by atoms with E-state index in [1.165, 1.54) is 0 Å². The van der Waals surface area contributed by atoms with Crippen LogP contribution in [0.3, 0.4) is 0 Å². The summed E-state index contributed by atoms with van der Waals surface area (Å²) in [5.41, 5.74) is -0.814. The van der Waals surface area contributed by atoms with E-state index < -0.39 is 18.0 Å². The molecule has 0 bridgehead atoms. The number of hydrogen-bond acceptors (Lipinski definition) is 3. The molecule has 0 amide bonds. The van der Waals surface area contributed by atoms with Crippen molar-refractivity contribution in [3.8, 4) is 0 Å². The number of carbonyl (C=O) groups is 1. The number of esters is 1. The lowest BCUT2D eigenvalue weighted by atomic mass is 10.1. The summed E-state index contributed by atoms with van der Waals surface area (Å²) in [7, 11) is 1.10. The van der Waals surface area contributed by atoms with Crippen LogP contribution in [0, 0.1) is 0 Å². The van der Waals surface area contributed by atoms with Gasteiger partial charge in [-0.05, 0) is 15.9 Å². The highest BCUT2D eigenvalue weighted by atomic mass is 79.9. The normalized spacial score (nSPS) is 10.5. The second-order valence-electron chi connectivity index (χ2n) is 2.49. The molecule has 0 atom stereocenters. The van der Waals surface area contributed by atoms with Gasteiger partial charge in [0.2, 0.25) is 0 Å². The van der Waals surface area contributed by atoms with Crippen molar-refractivity contribution in [1.82, 2.24) is 4.98 Å². The van der Waals surface area contributed by atoms with Crippen molar-refractivity contribution in [3.63, 3.8) is 0 Å². The fraction of sp³-hybridized carbons (Fsp3) is 0.250. The summed E-state index contributed by atoms with van der Waals surface area (Å²) >= 11 is 8.49. The van der Waals surface area contributed by atoms with Gasteiger partial charge in [0.25, 0.3) is 6.43 Å². The van der Waals surface area contributed by atoms with Crippen LogP contribution in [0.15, 0.2) is 10.7 Å². The first-order valence-electron chi connectivity index (χ1n) is 3.69. The highest BCUT2D eigenvalue weighted by molar-refractivity contribution is 9.10. The van der Waals surface area contributed by atoms with Gasteiger partial charge in [-0.15, -0.1) is 0 Å². The Hall–Kier alpha value is -0.750. The molecule has 0 aliphatic heterocycles. The number of methoxy groups -OCH3 is 1. The molecule has 3 nitrogen and oxygen atoms in total. The van der Waals surface area contributed by atoms with E-state index in [2.05, 4.69) is 25.7 Å². The maximum Gasteiger partial charge on any atom is 0.339 e. The van der Waals surface area contributed by atoms with Crippen molar-refractivity contribution in [2.24, 2.45) is 0 Å². The predicted octanol–water partition coefficient (Wildman–Crippen LogP) is 3.22. The molecule has 0 fully saturated rings. The molecule has 0 spiro atoms. The minimum Gasteiger partial charge on any atom is -0.465 e. The van der Waals surface area contributed by atoms with E-state index in [0.717, 1.165) is 13.3 Å². The molecular formula is C8H5BrClF2NO2. The van der Waals surface area contributed by atoms with E-state index >= 15 is 0 Å². The third kappa shape index (κ3) is 2.43. The Balaban J connectivity index is 3.41. The maximum atomic E-state index is 12.5. The van der Waals surface area contributed by atoms with Gasteiger partial charge in [-0.2, -0.15) is 0 Å². The summed E-state index contributed by atoms with van der Waals surface area (Å²) in [5.74, 6) is -0.888. The molecule has 1 heterocycles. The van der Waals surface area contributed by atoms with Crippen molar-refractivity contribution in [2.45, 2.75) is 6.43 Å². The van der Waals surface area contributed by atoms with Gasteiger partial charge in [0.15, 0.2) is 0 Å². The van der Waals surface area contributed by atoms with E-state index in [4.69, 9.17) is 11.6 Å². The van der Waals surface area contributed by atoms with Crippen LogP contribution in [-0.4, -0.2) is 18.1 Å². The van der Waals surface area contributed by atoms with Crippen LogP contribution in [0.1, 0.15) is 22.3 Å². The summed E-state index contributed by atoms with van der Waals surface area (Å²) in [6, 6.07) is 0. The van der Waals surface area contributed by atoms with Crippen LogP contribution in [0.2, 0.25) is 5.15 Å². The van der Waals surface area contributed by atoms with Crippen LogP contribution in [0.5, 0.6) is 0 Å². The predicted molar refractivity (Wildman–Crippen MR) is 53.2 cm³/mol. The molecule has 0 N–H and O–H groups in total. The second-order valence-corrected chi connectivity index (χ2v) is 3.64. The molecule has 15 heavy (non-hydrogen) atoms. The monoisotopic (exact) mass is 299 g/mol. The highest BCUT2D eigenvalue weighted by Gasteiger charge is 2.24. The smallest absolute Gasteiger partial charge is 0.339 e. The van der Waals surface area contributed by atoms with Crippen molar-refractivity contribution < 1.29 is 18.3 Å². The van der Waals surface area contributed by atoms with Crippen molar-refractivity contribution in [1.29, 1.82) is 0 Å². The Labute approximate surface area is 97.5 Å². The zero-order valence-electron chi connectivity index (χ0n) is 7.43. The first-order valence-corrected chi connectivity index (χ1v) is 4.86. The largest absolute Gasteiger partial charge is 0.465 e. The summed E-state index contributed by atoms with van der Waals surface area (Å²) in [6.45, 7) is 0. The molecule has 0 aromatic carbocycles. The standard InChI is InChI=1S/C8H5BrClF2NO2/c1-15-8(14)4-3(7(11)12)2-13-6(10)5(4)9/h2,7H,1H3. The van der Waals surface area contributed by atoms with Crippen molar-refractivity contribution in [2.75, 3.05) is 7.11 Å². The first kappa shape index (κ1) is 12.3. The minimum atomic E-state index is -2.82. The van der Waals surface area contributed by atoms with Gasteiger partial charge in [0.05, 0.1) is 22.7 Å². The van der Waals surface area contributed by atoms with E-state index in [1.807, 2.05) is 0 Å². The van der Waals surface area contributed by atoms with E-state index in [-0.39, 0.29) is 15.2 Å². The quantitative estimate of drug-likeness (QED) is 0.622. The third-order valence-corrected chi connectivity index (χ3v) is 2.92. The number of aromatic nitrogens is 1. The molecule has 0 saturated carbocycles. The van der Waals surface area contributed by atoms with E-state index in [9.17, 15) is 13.6 Å². The molecule has 7 heteroatoms. The van der Waals surface area contributed by atoms with Crippen molar-refractivity contribution >= 4 is 33.5 Å². The number of halogens is 4. The molecule has 0 saturated heterocycles. The Kier molecular flexibility index (Phi) is 3.98. The average molecular weight is 300 g/mol. The first-order chi connectivity index (χ1) is 6.99. The molecule has 1 aromatic rings. The molecule has 0 aliphatic rings. The maximum absolute atomic E-state index is 12.5. The molecule has 1 aromatic heterocycles. The lowest BCUT2D eigenvalue weighted by Gasteiger charge is -2.09. The zero-order chi connectivity index (χ0) is 11.6. The fourth-order valence-electron chi connectivity index (χ4n) is 0.952. The van der Waals surface area contributed by atoms with Gasteiger partial charge in [-0.3, -0.25) is 0 Å². The van der Waals surface area contributed by atoms with E-state index in [0.29, 0.717) is 0 Å². The van der Waals surface area contributed by atoms with Crippen LogP contribution in [0.4, 0.5) is 8.78 Å². The highest BCUT2D eigenvalue weighted by Crippen LogP contribution is 2.32. The van der Waals surface area contributed by atoms with Crippen LogP contribution < -0.4 is 0 Å². The SMILES string of the molecule is COC(=O)c1c(C(F)F)cnc(Cl)c1Br. The van der Waals surface area contributed by atoms with Gasteiger partial charge >= 0.3 is 5.97 Å². The number of pyridine rings is 1. The molecule has 82 valence electrons. The third-order valence-electron chi connectivity index (χ3n) is 1.63. The Morgan fingerprint density at radius 3 is 2.73 bits per heavy atom. The minimum absolute atomic E-state index is 0.00816. The summed E-state index contributed by atoms with van der Waals surface area (Å²) in [6.07, 6.45) is -1.97. The van der Waals surface area contributed by atoms with Gasteiger partial charge in [-0.25, -0.2) is 18.6 Å². The fourth-order valence-corrected chi connectivity index (χ4v) is 1.59. The lowest BCUT2D eigenvalue weighted by molar-refractivity contribution is 0.0588. The second kappa shape index (κ2) is 4.85.